The Morgan fingerprint density at radius 1 is 0.650 bits per heavy atom. The summed E-state index contributed by atoms with van der Waals surface area (Å²) in [5, 5.41) is 0. The molecule has 0 spiro atoms. The fourth-order valence-corrected chi connectivity index (χ4v) is 2.35. The lowest BCUT2D eigenvalue weighted by Gasteiger charge is -2.03. The van der Waals surface area contributed by atoms with Crippen LogP contribution in [0, 0.1) is 0 Å². The molecule has 20 heavy (non-hydrogen) atoms. The zero-order valence-electron chi connectivity index (χ0n) is 13.9. The summed E-state index contributed by atoms with van der Waals surface area (Å²) >= 11 is 0. The normalized spacial score (nSPS) is 10.9. The molecule has 0 radical (unpaired) electrons. The molecule has 0 saturated carbocycles. The van der Waals surface area contributed by atoms with E-state index in [4.69, 9.17) is 4.74 Å². The third kappa shape index (κ3) is 15.7. The summed E-state index contributed by atoms with van der Waals surface area (Å²) in [5.41, 5.74) is 0. The van der Waals surface area contributed by atoms with E-state index in [0.717, 1.165) is 51.7 Å². The van der Waals surface area contributed by atoms with Gasteiger partial charge >= 0.3 is 0 Å². The van der Waals surface area contributed by atoms with Gasteiger partial charge in [0.15, 0.2) is 0 Å². The zero-order chi connectivity index (χ0) is 14.9. The van der Waals surface area contributed by atoms with Gasteiger partial charge in [-0.05, 0) is 25.7 Å². The molecule has 0 saturated heterocycles. The summed E-state index contributed by atoms with van der Waals surface area (Å²) < 4.78 is 5.41. The Morgan fingerprint density at radius 2 is 1.20 bits per heavy atom. The van der Waals surface area contributed by atoms with E-state index in [1.165, 1.54) is 44.9 Å². The van der Waals surface area contributed by atoms with Crippen molar-refractivity contribution in [2.45, 2.75) is 97.3 Å². The first-order chi connectivity index (χ1) is 9.81. The Balaban J connectivity index is 3.12. The molecule has 0 aromatic carbocycles. The lowest BCUT2D eigenvalue weighted by molar-refractivity contribution is -0.119. The number of unbranched alkanes of at least 4 members (excludes halogenated alkanes) is 8. The van der Waals surface area contributed by atoms with Crippen molar-refractivity contribution in [2.24, 2.45) is 0 Å². The third-order valence-corrected chi connectivity index (χ3v) is 3.65. The first kappa shape index (κ1) is 19.6. The fourth-order valence-electron chi connectivity index (χ4n) is 2.35. The van der Waals surface area contributed by atoms with E-state index in [9.17, 15) is 4.79 Å². The molecule has 0 unspecified atom stereocenters. The van der Waals surface area contributed by atoms with E-state index >= 15 is 0 Å². The molecule has 0 aliphatic carbocycles. The van der Waals surface area contributed by atoms with Gasteiger partial charge in [0.1, 0.15) is 5.78 Å². The maximum absolute atomic E-state index is 11.7. The highest BCUT2D eigenvalue weighted by Crippen LogP contribution is 2.11. The smallest absolute Gasteiger partial charge is 0.132 e. The van der Waals surface area contributed by atoms with Crippen LogP contribution in [0.3, 0.4) is 0 Å². The van der Waals surface area contributed by atoms with Crippen LogP contribution in [-0.4, -0.2) is 19.0 Å². The summed E-state index contributed by atoms with van der Waals surface area (Å²) in [6.45, 7) is 6.04. The largest absolute Gasteiger partial charge is 0.381 e. The number of ether oxygens (including phenoxy) is 1. The van der Waals surface area contributed by atoms with E-state index in [-0.39, 0.29) is 0 Å². The first-order valence-corrected chi connectivity index (χ1v) is 8.90. The molecule has 0 amide bonds. The average Bonchev–Trinajstić information content (AvgIpc) is 2.45. The van der Waals surface area contributed by atoms with Crippen molar-refractivity contribution in [3.05, 3.63) is 0 Å². The molecule has 0 rings (SSSR count). The SMILES string of the molecule is CCCCCCCCCCC(=O)CCCCOCCC. The van der Waals surface area contributed by atoms with Gasteiger partial charge in [-0.25, -0.2) is 0 Å². The Labute approximate surface area is 126 Å². The lowest BCUT2D eigenvalue weighted by Crippen LogP contribution is -2.00. The van der Waals surface area contributed by atoms with Crippen molar-refractivity contribution in [1.82, 2.24) is 0 Å². The van der Waals surface area contributed by atoms with Gasteiger partial charge in [-0.1, -0.05) is 58.8 Å². The van der Waals surface area contributed by atoms with Crippen LogP contribution in [0.15, 0.2) is 0 Å². The second kappa shape index (κ2) is 16.7. The molecule has 0 aromatic heterocycles. The topological polar surface area (TPSA) is 26.3 Å². The number of ketones is 1. The molecule has 0 fully saturated rings. The quantitative estimate of drug-likeness (QED) is 0.341. The zero-order valence-corrected chi connectivity index (χ0v) is 13.9. The minimum absolute atomic E-state index is 0.450. The monoisotopic (exact) mass is 284 g/mol. The van der Waals surface area contributed by atoms with Crippen LogP contribution in [0.2, 0.25) is 0 Å². The molecule has 0 N–H and O–H groups in total. The maximum Gasteiger partial charge on any atom is 0.132 e. The molecule has 0 heterocycles. The van der Waals surface area contributed by atoms with Gasteiger partial charge in [0.2, 0.25) is 0 Å². The number of hydrogen-bond acceptors (Lipinski definition) is 2. The van der Waals surface area contributed by atoms with Crippen molar-refractivity contribution < 1.29 is 9.53 Å². The van der Waals surface area contributed by atoms with Crippen molar-refractivity contribution in [1.29, 1.82) is 0 Å². The maximum atomic E-state index is 11.7. The van der Waals surface area contributed by atoms with Crippen LogP contribution < -0.4 is 0 Å². The van der Waals surface area contributed by atoms with Gasteiger partial charge in [0.25, 0.3) is 0 Å². The molecule has 0 aliphatic rings. The first-order valence-electron chi connectivity index (χ1n) is 8.90. The van der Waals surface area contributed by atoms with Gasteiger partial charge in [0.05, 0.1) is 0 Å². The molecule has 2 nitrogen and oxygen atoms in total. The Morgan fingerprint density at radius 3 is 1.80 bits per heavy atom. The van der Waals surface area contributed by atoms with E-state index in [0.29, 0.717) is 5.78 Å². The van der Waals surface area contributed by atoms with E-state index in [2.05, 4.69) is 13.8 Å². The predicted molar refractivity (Wildman–Crippen MR) is 87.2 cm³/mol. The van der Waals surface area contributed by atoms with Crippen molar-refractivity contribution in [2.75, 3.05) is 13.2 Å². The second-order valence-corrected chi connectivity index (χ2v) is 5.83. The van der Waals surface area contributed by atoms with Gasteiger partial charge < -0.3 is 4.74 Å². The van der Waals surface area contributed by atoms with Crippen molar-refractivity contribution >= 4 is 5.78 Å². The van der Waals surface area contributed by atoms with Gasteiger partial charge in [-0.2, -0.15) is 0 Å². The Kier molecular flexibility index (Phi) is 16.4. The van der Waals surface area contributed by atoms with Crippen LogP contribution in [0.1, 0.15) is 97.3 Å². The summed E-state index contributed by atoms with van der Waals surface area (Å²) in [5.74, 6) is 0.450. The highest BCUT2D eigenvalue weighted by atomic mass is 16.5. The molecular formula is C18H36O2. The molecule has 0 bridgehead atoms. The van der Waals surface area contributed by atoms with Crippen LogP contribution in [0.25, 0.3) is 0 Å². The number of rotatable bonds is 16. The van der Waals surface area contributed by atoms with Crippen LogP contribution in [0.4, 0.5) is 0 Å². The Hall–Kier alpha value is -0.370. The summed E-state index contributed by atoms with van der Waals surface area (Å²) in [6, 6.07) is 0. The summed E-state index contributed by atoms with van der Waals surface area (Å²) in [4.78, 5) is 11.7. The number of hydrogen-bond donors (Lipinski definition) is 0. The van der Waals surface area contributed by atoms with E-state index < -0.39 is 0 Å². The molecule has 2 heteroatoms. The van der Waals surface area contributed by atoms with Gasteiger partial charge in [0, 0.05) is 26.1 Å². The number of carbonyl (C=O) groups is 1. The lowest BCUT2D eigenvalue weighted by atomic mass is 10.0. The van der Waals surface area contributed by atoms with Crippen molar-refractivity contribution in [3.63, 3.8) is 0 Å². The molecule has 0 atom stereocenters. The molecule has 0 aromatic rings. The third-order valence-electron chi connectivity index (χ3n) is 3.65. The Bertz CT molecular complexity index is 202. The minimum atomic E-state index is 0.450. The predicted octanol–water partition coefficient (Wildman–Crippen LogP) is 5.68. The minimum Gasteiger partial charge on any atom is -0.381 e. The highest BCUT2D eigenvalue weighted by Gasteiger charge is 2.01. The summed E-state index contributed by atoms with van der Waals surface area (Å²) in [6.07, 6.45) is 15.1. The molecular weight excluding hydrogens is 248 g/mol. The van der Waals surface area contributed by atoms with E-state index in [1.807, 2.05) is 0 Å². The van der Waals surface area contributed by atoms with E-state index in [1.54, 1.807) is 0 Å². The average molecular weight is 284 g/mol. The standard InChI is InChI=1S/C18H36O2/c1-3-5-6-7-8-9-10-11-14-18(19)15-12-13-17-20-16-4-2/h3-17H2,1-2H3. The summed E-state index contributed by atoms with van der Waals surface area (Å²) in [7, 11) is 0. The number of Topliss-reactive ketones (excluding diaryl/α,β-unsaturated/α-hetero) is 1. The molecule has 120 valence electrons. The van der Waals surface area contributed by atoms with Crippen molar-refractivity contribution in [3.8, 4) is 0 Å². The highest BCUT2D eigenvalue weighted by molar-refractivity contribution is 5.78. The second-order valence-electron chi connectivity index (χ2n) is 5.83. The van der Waals surface area contributed by atoms with Crippen LogP contribution in [-0.2, 0) is 9.53 Å². The van der Waals surface area contributed by atoms with Gasteiger partial charge in [-0.3, -0.25) is 4.79 Å². The fraction of sp³-hybridized carbons (Fsp3) is 0.944. The molecule has 0 aliphatic heterocycles. The number of carbonyl (C=O) groups excluding carboxylic acids is 1. The van der Waals surface area contributed by atoms with Gasteiger partial charge in [-0.15, -0.1) is 0 Å². The van der Waals surface area contributed by atoms with Crippen LogP contribution >= 0.6 is 0 Å². The van der Waals surface area contributed by atoms with Crippen LogP contribution in [0.5, 0.6) is 0 Å².